The number of benzene rings is 2. The molecule has 0 radical (unpaired) electrons. The molecule has 2 aliphatic heterocycles. The molecule has 8 heteroatoms. The van der Waals surface area contributed by atoms with Crippen molar-refractivity contribution in [1.82, 2.24) is 5.32 Å². The molecule has 29 heavy (non-hydrogen) atoms. The zero-order valence-electron chi connectivity index (χ0n) is 15.3. The number of nitrogens with zero attached hydrogens (tertiary/aromatic N) is 2. The Kier molecular flexibility index (Phi) is 4.84. The lowest BCUT2D eigenvalue weighted by atomic mass is 10.1. The van der Waals surface area contributed by atoms with Crippen molar-refractivity contribution in [3.63, 3.8) is 0 Å². The maximum absolute atomic E-state index is 14.5. The number of imide groups is 2. The Bertz CT molecular complexity index is 1050. The van der Waals surface area contributed by atoms with Crippen LogP contribution in [0, 0.1) is 11.6 Å². The van der Waals surface area contributed by atoms with Gasteiger partial charge in [0.25, 0.3) is 11.8 Å². The summed E-state index contributed by atoms with van der Waals surface area (Å²) < 4.78 is 28.0. The molecule has 6 nitrogen and oxygen atoms in total. The van der Waals surface area contributed by atoms with Crippen LogP contribution >= 0.6 is 0 Å². The number of amides is 4. The fourth-order valence-corrected chi connectivity index (χ4v) is 3.50. The molecule has 0 spiro atoms. The largest absolute Gasteiger partial charge is 0.369 e. The summed E-state index contributed by atoms with van der Waals surface area (Å²) in [6.07, 6.45) is 3.22. The highest BCUT2D eigenvalue weighted by atomic mass is 19.1. The van der Waals surface area contributed by atoms with E-state index >= 15 is 0 Å². The van der Waals surface area contributed by atoms with Gasteiger partial charge in [0, 0.05) is 13.1 Å². The predicted molar refractivity (Wildman–Crippen MR) is 103 cm³/mol. The van der Waals surface area contributed by atoms with Gasteiger partial charge in [0.2, 0.25) is 0 Å². The Labute approximate surface area is 165 Å². The van der Waals surface area contributed by atoms with E-state index in [9.17, 15) is 23.2 Å². The normalized spacial score (nSPS) is 18.6. The molecule has 2 saturated heterocycles. The fraction of sp³-hybridized carbons (Fsp3) is 0.190. The van der Waals surface area contributed by atoms with Crippen molar-refractivity contribution in [3.05, 3.63) is 65.2 Å². The van der Waals surface area contributed by atoms with Crippen molar-refractivity contribution in [1.29, 1.82) is 0 Å². The summed E-state index contributed by atoms with van der Waals surface area (Å²) in [6.45, 7) is 1.56. The minimum atomic E-state index is -0.974. The van der Waals surface area contributed by atoms with E-state index in [1.165, 1.54) is 30.3 Å². The van der Waals surface area contributed by atoms with Gasteiger partial charge in [-0.25, -0.2) is 18.5 Å². The van der Waals surface area contributed by atoms with Crippen LogP contribution in [-0.2, 0) is 9.59 Å². The van der Waals surface area contributed by atoms with E-state index in [2.05, 4.69) is 5.32 Å². The van der Waals surface area contributed by atoms with Crippen LogP contribution in [0.2, 0.25) is 0 Å². The molecule has 0 saturated carbocycles. The summed E-state index contributed by atoms with van der Waals surface area (Å²) in [4.78, 5) is 39.7. The number of nitrogens with one attached hydrogen (secondary N) is 1. The van der Waals surface area contributed by atoms with Crippen molar-refractivity contribution in [2.24, 2.45) is 0 Å². The van der Waals surface area contributed by atoms with Gasteiger partial charge in [-0.3, -0.25) is 14.9 Å². The molecule has 4 amide bonds. The van der Waals surface area contributed by atoms with Gasteiger partial charge in [-0.05, 0) is 54.8 Å². The molecule has 0 unspecified atom stereocenters. The highest BCUT2D eigenvalue weighted by Crippen LogP contribution is 2.26. The average molecular weight is 397 g/mol. The number of barbiturate groups is 1. The molecule has 2 aromatic rings. The molecule has 4 rings (SSSR count). The second-order valence-electron chi connectivity index (χ2n) is 6.84. The highest BCUT2D eigenvalue weighted by molar-refractivity contribution is 6.39. The minimum absolute atomic E-state index is 0.0125. The van der Waals surface area contributed by atoms with Gasteiger partial charge >= 0.3 is 6.03 Å². The molecular formula is C21H17F2N3O3. The number of urea groups is 1. The van der Waals surface area contributed by atoms with Gasteiger partial charge in [-0.15, -0.1) is 0 Å². The highest BCUT2D eigenvalue weighted by Gasteiger charge is 2.37. The molecule has 1 N–H and O–H groups in total. The van der Waals surface area contributed by atoms with E-state index in [4.69, 9.17) is 0 Å². The SMILES string of the molecule is O=C1NC(=O)N(c2cccc(F)c2)C(=O)/C1=C/c1ccc(N2CCCC2)c(F)c1. The summed E-state index contributed by atoms with van der Waals surface area (Å²) in [6, 6.07) is 8.37. The van der Waals surface area contributed by atoms with Gasteiger partial charge in [-0.2, -0.15) is 0 Å². The number of anilines is 2. The van der Waals surface area contributed by atoms with Crippen molar-refractivity contribution in [2.75, 3.05) is 22.9 Å². The third-order valence-electron chi connectivity index (χ3n) is 4.90. The van der Waals surface area contributed by atoms with Crippen molar-refractivity contribution < 1.29 is 23.2 Å². The maximum Gasteiger partial charge on any atom is 0.335 e. The quantitative estimate of drug-likeness (QED) is 0.638. The zero-order valence-corrected chi connectivity index (χ0v) is 15.3. The fourth-order valence-electron chi connectivity index (χ4n) is 3.50. The standard InChI is InChI=1S/C21H17F2N3O3/c22-14-4-3-5-15(12-14)26-20(28)16(19(27)24-21(26)29)10-13-6-7-18(17(23)11-13)25-8-1-2-9-25/h3-7,10-12H,1-2,8-9H2,(H,24,27,29)/b16-10+. The summed E-state index contributed by atoms with van der Waals surface area (Å²) in [5, 5.41) is 2.05. The lowest BCUT2D eigenvalue weighted by Crippen LogP contribution is -2.54. The Morgan fingerprint density at radius 2 is 1.72 bits per heavy atom. The Hall–Kier alpha value is -3.55. The summed E-state index contributed by atoms with van der Waals surface area (Å²) >= 11 is 0. The molecule has 148 valence electrons. The Morgan fingerprint density at radius 3 is 2.41 bits per heavy atom. The van der Waals surface area contributed by atoms with Gasteiger partial charge in [0.1, 0.15) is 17.2 Å². The summed E-state index contributed by atoms with van der Waals surface area (Å²) in [7, 11) is 0. The second kappa shape index (κ2) is 7.46. The van der Waals surface area contributed by atoms with E-state index in [-0.39, 0.29) is 11.3 Å². The average Bonchev–Trinajstić information content (AvgIpc) is 3.19. The predicted octanol–water partition coefficient (Wildman–Crippen LogP) is 3.23. The van der Waals surface area contributed by atoms with Crippen LogP contribution in [0.4, 0.5) is 25.0 Å². The van der Waals surface area contributed by atoms with E-state index in [1.807, 2.05) is 4.90 Å². The number of halogens is 2. The van der Waals surface area contributed by atoms with Crippen LogP contribution in [0.3, 0.4) is 0 Å². The van der Waals surface area contributed by atoms with E-state index in [0.29, 0.717) is 16.2 Å². The van der Waals surface area contributed by atoms with Crippen LogP contribution < -0.4 is 15.1 Å². The van der Waals surface area contributed by atoms with E-state index < -0.39 is 29.5 Å². The Balaban J connectivity index is 1.67. The van der Waals surface area contributed by atoms with E-state index in [1.54, 1.807) is 12.1 Å². The van der Waals surface area contributed by atoms with Crippen molar-refractivity contribution in [2.45, 2.75) is 12.8 Å². The number of carbonyl (C=O) groups excluding carboxylic acids is 3. The van der Waals surface area contributed by atoms with Gasteiger partial charge < -0.3 is 4.90 Å². The lowest BCUT2D eigenvalue weighted by Gasteiger charge is -2.26. The maximum atomic E-state index is 14.5. The molecule has 0 aromatic heterocycles. The molecule has 0 bridgehead atoms. The molecular weight excluding hydrogens is 380 g/mol. The first-order chi connectivity index (χ1) is 13.9. The number of hydrogen-bond donors (Lipinski definition) is 1. The van der Waals surface area contributed by atoms with Crippen LogP contribution in [-0.4, -0.2) is 30.9 Å². The minimum Gasteiger partial charge on any atom is -0.369 e. The van der Waals surface area contributed by atoms with Gasteiger partial charge in [-0.1, -0.05) is 12.1 Å². The second-order valence-corrected chi connectivity index (χ2v) is 6.84. The first-order valence-electron chi connectivity index (χ1n) is 9.15. The number of carbonyl (C=O) groups is 3. The third kappa shape index (κ3) is 3.61. The molecule has 2 aliphatic rings. The Morgan fingerprint density at radius 1 is 0.966 bits per heavy atom. The molecule has 2 heterocycles. The summed E-state index contributed by atoms with van der Waals surface area (Å²) in [5.41, 5.74) is 0.418. The van der Waals surface area contributed by atoms with Crippen LogP contribution in [0.1, 0.15) is 18.4 Å². The van der Waals surface area contributed by atoms with Crippen LogP contribution in [0.15, 0.2) is 48.0 Å². The smallest absolute Gasteiger partial charge is 0.335 e. The van der Waals surface area contributed by atoms with E-state index in [0.717, 1.165) is 32.0 Å². The number of rotatable bonds is 3. The summed E-state index contributed by atoms with van der Waals surface area (Å²) in [5.74, 6) is -2.89. The van der Waals surface area contributed by atoms with Crippen molar-refractivity contribution in [3.8, 4) is 0 Å². The monoisotopic (exact) mass is 397 g/mol. The first-order valence-corrected chi connectivity index (χ1v) is 9.15. The number of hydrogen-bond acceptors (Lipinski definition) is 4. The van der Waals surface area contributed by atoms with Crippen LogP contribution in [0.25, 0.3) is 6.08 Å². The lowest BCUT2D eigenvalue weighted by molar-refractivity contribution is -0.122. The topological polar surface area (TPSA) is 69.7 Å². The first kappa shape index (κ1) is 18.8. The molecule has 2 aromatic carbocycles. The van der Waals surface area contributed by atoms with Crippen molar-refractivity contribution >= 4 is 35.3 Å². The molecule has 0 atom stereocenters. The zero-order chi connectivity index (χ0) is 20.5. The van der Waals surface area contributed by atoms with Gasteiger partial charge in [0.05, 0.1) is 11.4 Å². The van der Waals surface area contributed by atoms with Crippen LogP contribution in [0.5, 0.6) is 0 Å². The third-order valence-corrected chi connectivity index (χ3v) is 4.90. The molecule has 0 aliphatic carbocycles. The van der Waals surface area contributed by atoms with Gasteiger partial charge in [0.15, 0.2) is 0 Å². The molecule has 2 fully saturated rings.